The molecule has 104 valence electrons. The zero-order valence-corrected chi connectivity index (χ0v) is 12.0. The number of carbonyl (C=O) groups is 1. The highest BCUT2D eigenvalue weighted by Gasteiger charge is 2.10. The van der Waals surface area contributed by atoms with Crippen molar-refractivity contribution in [2.24, 2.45) is 0 Å². The van der Waals surface area contributed by atoms with Crippen LogP contribution in [0.1, 0.15) is 23.7 Å². The van der Waals surface area contributed by atoms with Crippen molar-refractivity contribution in [1.82, 2.24) is 0 Å². The van der Waals surface area contributed by atoms with E-state index in [1.165, 1.54) is 0 Å². The summed E-state index contributed by atoms with van der Waals surface area (Å²) in [4.78, 5) is 11.8. The van der Waals surface area contributed by atoms with Gasteiger partial charge in [-0.25, -0.2) is 0 Å². The molecule has 0 heterocycles. The van der Waals surface area contributed by atoms with Crippen LogP contribution in [0.3, 0.4) is 0 Å². The van der Waals surface area contributed by atoms with Crippen molar-refractivity contribution >= 4 is 5.78 Å². The number of ketones is 1. The van der Waals surface area contributed by atoms with Gasteiger partial charge in [-0.05, 0) is 23.8 Å². The molecule has 0 aliphatic rings. The van der Waals surface area contributed by atoms with Gasteiger partial charge in [0, 0.05) is 23.6 Å². The Kier molecular flexibility index (Phi) is 4.41. The van der Waals surface area contributed by atoms with Crippen molar-refractivity contribution < 1.29 is 14.3 Å². The van der Waals surface area contributed by atoms with Crippen LogP contribution in [0.15, 0.2) is 42.5 Å². The number of rotatable bonds is 5. The van der Waals surface area contributed by atoms with Crippen molar-refractivity contribution in [3.05, 3.63) is 48.0 Å². The van der Waals surface area contributed by atoms with E-state index in [-0.39, 0.29) is 5.78 Å². The minimum absolute atomic E-state index is 0.138. The molecule has 0 N–H and O–H groups in total. The molecule has 0 aliphatic heterocycles. The molecule has 0 aliphatic carbocycles. The summed E-state index contributed by atoms with van der Waals surface area (Å²) >= 11 is 0. The van der Waals surface area contributed by atoms with Crippen LogP contribution in [0.5, 0.6) is 11.5 Å². The lowest BCUT2D eigenvalue weighted by atomic mass is 9.99. The molecule has 0 radical (unpaired) electrons. The molecule has 0 saturated heterocycles. The fraction of sp³-hybridized carbons (Fsp3) is 0.235. The van der Waals surface area contributed by atoms with Crippen molar-refractivity contribution in [2.45, 2.75) is 13.3 Å². The minimum atomic E-state index is 0.138. The van der Waals surface area contributed by atoms with Crippen LogP contribution < -0.4 is 9.47 Å². The van der Waals surface area contributed by atoms with E-state index in [2.05, 4.69) is 0 Å². The van der Waals surface area contributed by atoms with Gasteiger partial charge >= 0.3 is 0 Å². The fourth-order valence-corrected chi connectivity index (χ4v) is 2.10. The van der Waals surface area contributed by atoms with Gasteiger partial charge < -0.3 is 9.47 Å². The number of hydrogen-bond donors (Lipinski definition) is 0. The lowest BCUT2D eigenvalue weighted by molar-refractivity contribution is 0.0988. The van der Waals surface area contributed by atoms with Crippen LogP contribution in [0.25, 0.3) is 11.1 Å². The maximum absolute atomic E-state index is 11.8. The third-order valence-electron chi connectivity index (χ3n) is 3.23. The molecule has 0 fully saturated rings. The van der Waals surface area contributed by atoms with Crippen LogP contribution in [-0.4, -0.2) is 20.0 Å². The van der Waals surface area contributed by atoms with Gasteiger partial charge in [-0.3, -0.25) is 4.79 Å². The van der Waals surface area contributed by atoms with Gasteiger partial charge in [0.05, 0.1) is 14.2 Å². The summed E-state index contributed by atoms with van der Waals surface area (Å²) in [6, 6.07) is 13.3. The zero-order valence-electron chi connectivity index (χ0n) is 12.0. The van der Waals surface area contributed by atoms with Crippen molar-refractivity contribution in [2.75, 3.05) is 14.2 Å². The molecule has 0 amide bonds. The average Bonchev–Trinajstić information content (AvgIpc) is 2.53. The van der Waals surface area contributed by atoms with Crippen molar-refractivity contribution in [1.29, 1.82) is 0 Å². The summed E-state index contributed by atoms with van der Waals surface area (Å²) in [7, 11) is 3.24. The number of methoxy groups -OCH3 is 2. The largest absolute Gasteiger partial charge is 0.497 e. The summed E-state index contributed by atoms with van der Waals surface area (Å²) in [6.45, 7) is 1.86. The summed E-state index contributed by atoms with van der Waals surface area (Å²) < 4.78 is 10.6. The van der Waals surface area contributed by atoms with E-state index < -0.39 is 0 Å². The normalized spacial score (nSPS) is 10.2. The van der Waals surface area contributed by atoms with Crippen LogP contribution in [0.4, 0.5) is 0 Å². The number of Topliss-reactive ketones (excluding diaryl/α,β-unsaturated/α-hetero) is 1. The molecule has 3 nitrogen and oxygen atoms in total. The molecular weight excluding hydrogens is 252 g/mol. The van der Waals surface area contributed by atoms with E-state index in [1.807, 2.05) is 49.4 Å². The van der Waals surface area contributed by atoms with E-state index >= 15 is 0 Å². The first-order chi connectivity index (χ1) is 9.69. The number of hydrogen-bond acceptors (Lipinski definition) is 3. The second-order valence-corrected chi connectivity index (χ2v) is 4.42. The zero-order chi connectivity index (χ0) is 14.5. The standard InChI is InChI=1S/C17H18O3/c1-4-16(18)13-7-5-6-12(10-13)15-9-8-14(19-2)11-17(15)20-3/h5-11H,4H2,1-3H3. The van der Waals surface area contributed by atoms with E-state index in [0.717, 1.165) is 28.2 Å². The summed E-state index contributed by atoms with van der Waals surface area (Å²) in [5.41, 5.74) is 2.63. The molecule has 2 rings (SSSR count). The first kappa shape index (κ1) is 14.1. The quantitative estimate of drug-likeness (QED) is 0.771. The van der Waals surface area contributed by atoms with Crippen LogP contribution >= 0.6 is 0 Å². The molecule has 0 unspecified atom stereocenters. The Morgan fingerprint density at radius 3 is 2.50 bits per heavy atom. The predicted molar refractivity (Wildman–Crippen MR) is 79.6 cm³/mol. The molecule has 0 atom stereocenters. The highest BCUT2D eigenvalue weighted by atomic mass is 16.5. The fourth-order valence-electron chi connectivity index (χ4n) is 2.10. The maximum Gasteiger partial charge on any atom is 0.162 e. The second-order valence-electron chi connectivity index (χ2n) is 4.42. The molecule has 0 saturated carbocycles. The summed E-state index contributed by atoms with van der Waals surface area (Å²) in [5.74, 6) is 1.61. The average molecular weight is 270 g/mol. The van der Waals surface area contributed by atoms with Gasteiger partial charge in [0.25, 0.3) is 0 Å². The lowest BCUT2D eigenvalue weighted by Gasteiger charge is -2.11. The molecule has 3 heteroatoms. The van der Waals surface area contributed by atoms with E-state index in [1.54, 1.807) is 14.2 Å². The Morgan fingerprint density at radius 1 is 1.05 bits per heavy atom. The third kappa shape index (κ3) is 2.82. The van der Waals surface area contributed by atoms with Crippen molar-refractivity contribution in [3.8, 4) is 22.6 Å². The Balaban J connectivity index is 2.48. The topological polar surface area (TPSA) is 35.5 Å². The van der Waals surface area contributed by atoms with E-state index in [9.17, 15) is 4.79 Å². The Bertz CT molecular complexity index is 617. The van der Waals surface area contributed by atoms with Crippen molar-refractivity contribution in [3.63, 3.8) is 0 Å². The minimum Gasteiger partial charge on any atom is -0.497 e. The SMILES string of the molecule is CCC(=O)c1cccc(-c2ccc(OC)cc2OC)c1. The second kappa shape index (κ2) is 6.24. The van der Waals surface area contributed by atoms with Gasteiger partial charge in [-0.15, -0.1) is 0 Å². The number of ether oxygens (including phenoxy) is 2. The molecule has 0 aromatic heterocycles. The van der Waals surface area contributed by atoms with Gasteiger partial charge in [-0.2, -0.15) is 0 Å². The van der Waals surface area contributed by atoms with Gasteiger partial charge in [0.15, 0.2) is 5.78 Å². The van der Waals surface area contributed by atoms with E-state index in [4.69, 9.17) is 9.47 Å². The Hall–Kier alpha value is -2.29. The third-order valence-corrected chi connectivity index (χ3v) is 3.23. The lowest BCUT2D eigenvalue weighted by Crippen LogP contribution is -1.97. The highest BCUT2D eigenvalue weighted by molar-refractivity contribution is 5.97. The first-order valence-corrected chi connectivity index (χ1v) is 6.55. The Labute approximate surface area is 119 Å². The van der Waals surface area contributed by atoms with Crippen LogP contribution in [0.2, 0.25) is 0 Å². The maximum atomic E-state index is 11.8. The number of carbonyl (C=O) groups excluding carboxylic acids is 1. The monoisotopic (exact) mass is 270 g/mol. The van der Waals surface area contributed by atoms with Crippen LogP contribution in [0, 0.1) is 0 Å². The van der Waals surface area contributed by atoms with Gasteiger partial charge in [0.2, 0.25) is 0 Å². The molecule has 20 heavy (non-hydrogen) atoms. The molecular formula is C17H18O3. The molecule has 0 spiro atoms. The summed E-state index contributed by atoms with van der Waals surface area (Å²) in [6.07, 6.45) is 0.503. The first-order valence-electron chi connectivity index (χ1n) is 6.55. The highest BCUT2D eigenvalue weighted by Crippen LogP contribution is 2.33. The number of benzene rings is 2. The smallest absolute Gasteiger partial charge is 0.162 e. The predicted octanol–water partition coefficient (Wildman–Crippen LogP) is 3.96. The summed E-state index contributed by atoms with van der Waals surface area (Å²) in [5, 5.41) is 0. The van der Waals surface area contributed by atoms with E-state index in [0.29, 0.717) is 6.42 Å². The van der Waals surface area contributed by atoms with Gasteiger partial charge in [-0.1, -0.05) is 25.1 Å². The van der Waals surface area contributed by atoms with Gasteiger partial charge in [0.1, 0.15) is 11.5 Å². The molecule has 0 bridgehead atoms. The molecule has 2 aromatic rings. The van der Waals surface area contributed by atoms with Crippen LogP contribution in [-0.2, 0) is 0 Å². The Morgan fingerprint density at radius 2 is 1.85 bits per heavy atom. The molecule has 2 aromatic carbocycles.